The van der Waals surface area contributed by atoms with Gasteiger partial charge >= 0.3 is 0 Å². The van der Waals surface area contributed by atoms with E-state index in [1.165, 1.54) is 0 Å². The fourth-order valence-corrected chi connectivity index (χ4v) is 3.30. The molecule has 1 N–H and O–H groups in total. The Labute approximate surface area is 162 Å². The molecule has 0 saturated heterocycles. The van der Waals surface area contributed by atoms with Gasteiger partial charge in [0.05, 0.1) is 6.54 Å². The first-order valence-electron chi connectivity index (χ1n) is 8.79. The normalized spacial score (nSPS) is 11.0. The Kier molecular flexibility index (Phi) is 4.97. The SMILES string of the molecule is CCCc1nc(S)nn1Cc1ccc(-c2ccccc2-c2nnn[nH]2)cc1. The second-order valence-corrected chi connectivity index (χ2v) is 6.63. The number of nitrogens with one attached hydrogen (secondary N) is 1. The van der Waals surface area contributed by atoms with Crippen LogP contribution in [0.4, 0.5) is 0 Å². The van der Waals surface area contributed by atoms with Gasteiger partial charge in [0.25, 0.3) is 0 Å². The fraction of sp³-hybridized carbons (Fsp3) is 0.211. The van der Waals surface area contributed by atoms with Gasteiger partial charge < -0.3 is 0 Å². The summed E-state index contributed by atoms with van der Waals surface area (Å²) in [6.07, 6.45) is 1.92. The van der Waals surface area contributed by atoms with Crippen molar-refractivity contribution in [1.82, 2.24) is 35.4 Å². The molecule has 2 aromatic heterocycles. The van der Waals surface area contributed by atoms with Crippen LogP contribution in [0.2, 0.25) is 0 Å². The van der Waals surface area contributed by atoms with E-state index in [1.807, 2.05) is 22.9 Å². The molecule has 0 aliphatic heterocycles. The van der Waals surface area contributed by atoms with E-state index in [2.05, 4.69) is 80.6 Å². The van der Waals surface area contributed by atoms with Crippen molar-refractivity contribution in [2.45, 2.75) is 31.5 Å². The van der Waals surface area contributed by atoms with Crippen LogP contribution in [0.1, 0.15) is 24.7 Å². The molecule has 0 radical (unpaired) electrons. The third-order valence-corrected chi connectivity index (χ3v) is 4.53. The van der Waals surface area contributed by atoms with Crippen LogP contribution in [-0.2, 0) is 13.0 Å². The Morgan fingerprint density at radius 1 is 1.04 bits per heavy atom. The number of H-pyrrole nitrogens is 1. The Balaban J connectivity index is 1.61. The number of hydrogen-bond donors (Lipinski definition) is 2. The zero-order chi connectivity index (χ0) is 18.6. The maximum Gasteiger partial charge on any atom is 0.205 e. The molecule has 2 heterocycles. The van der Waals surface area contributed by atoms with Gasteiger partial charge in [0.15, 0.2) is 5.82 Å². The molecule has 0 atom stereocenters. The summed E-state index contributed by atoms with van der Waals surface area (Å²) in [5.41, 5.74) is 4.31. The van der Waals surface area contributed by atoms with Crippen LogP contribution >= 0.6 is 12.6 Å². The van der Waals surface area contributed by atoms with Crippen molar-refractivity contribution >= 4 is 12.6 Å². The maximum atomic E-state index is 4.40. The second-order valence-electron chi connectivity index (χ2n) is 6.23. The highest BCUT2D eigenvalue weighted by Crippen LogP contribution is 2.29. The van der Waals surface area contributed by atoms with E-state index in [-0.39, 0.29) is 0 Å². The molecule has 0 aliphatic rings. The summed E-state index contributed by atoms with van der Waals surface area (Å²) in [6, 6.07) is 16.5. The number of aromatic nitrogens is 7. The van der Waals surface area contributed by atoms with Gasteiger partial charge in [-0.3, -0.25) is 0 Å². The minimum Gasteiger partial charge on any atom is -0.245 e. The summed E-state index contributed by atoms with van der Waals surface area (Å²) in [6.45, 7) is 2.81. The molecule has 0 spiro atoms. The number of aromatic amines is 1. The van der Waals surface area contributed by atoms with Crippen molar-refractivity contribution in [3.05, 3.63) is 59.9 Å². The van der Waals surface area contributed by atoms with Crippen LogP contribution in [0.15, 0.2) is 53.7 Å². The predicted molar refractivity (Wildman–Crippen MR) is 105 cm³/mol. The standard InChI is InChI=1S/C19H19N7S/c1-2-5-17-20-19(27)23-26(17)12-13-8-10-14(11-9-13)15-6-3-4-7-16(15)18-21-24-25-22-18/h3-4,6-11H,2,5,12H2,1H3,(H,23,27)(H,21,22,24,25). The first-order valence-corrected chi connectivity index (χ1v) is 9.24. The maximum absolute atomic E-state index is 4.40. The Morgan fingerprint density at radius 3 is 2.52 bits per heavy atom. The van der Waals surface area contributed by atoms with E-state index in [4.69, 9.17) is 0 Å². The van der Waals surface area contributed by atoms with E-state index in [1.54, 1.807) is 0 Å². The lowest BCUT2D eigenvalue weighted by atomic mass is 9.98. The van der Waals surface area contributed by atoms with Crippen molar-refractivity contribution in [3.63, 3.8) is 0 Å². The van der Waals surface area contributed by atoms with E-state index >= 15 is 0 Å². The van der Waals surface area contributed by atoms with Crippen molar-refractivity contribution in [2.75, 3.05) is 0 Å². The summed E-state index contributed by atoms with van der Waals surface area (Å²) in [5, 5.41) is 19.1. The lowest BCUT2D eigenvalue weighted by molar-refractivity contribution is 0.622. The van der Waals surface area contributed by atoms with Gasteiger partial charge in [0.1, 0.15) is 5.82 Å². The van der Waals surface area contributed by atoms with Crippen LogP contribution in [0.3, 0.4) is 0 Å². The number of aryl methyl sites for hydroxylation is 1. The molecule has 4 rings (SSSR count). The first kappa shape index (κ1) is 17.4. The number of nitrogens with zero attached hydrogens (tertiary/aromatic N) is 6. The van der Waals surface area contributed by atoms with Gasteiger partial charge in [-0.2, -0.15) is 0 Å². The Bertz CT molecular complexity index is 1020. The van der Waals surface area contributed by atoms with Crippen molar-refractivity contribution < 1.29 is 0 Å². The fourth-order valence-electron chi connectivity index (χ4n) is 3.07. The van der Waals surface area contributed by atoms with Gasteiger partial charge in [-0.25, -0.2) is 14.8 Å². The highest BCUT2D eigenvalue weighted by Gasteiger charge is 2.11. The minimum atomic E-state index is 0.518. The summed E-state index contributed by atoms with van der Waals surface area (Å²) >= 11 is 4.28. The number of benzene rings is 2. The average molecular weight is 377 g/mol. The van der Waals surface area contributed by atoms with E-state index in [0.29, 0.717) is 17.5 Å². The molecular formula is C19H19N7S. The molecule has 0 fully saturated rings. The third-order valence-electron chi connectivity index (χ3n) is 4.34. The monoisotopic (exact) mass is 377 g/mol. The highest BCUT2D eigenvalue weighted by atomic mass is 32.1. The van der Waals surface area contributed by atoms with Crippen LogP contribution in [-0.4, -0.2) is 35.4 Å². The number of thiol groups is 1. The molecule has 7 nitrogen and oxygen atoms in total. The Morgan fingerprint density at radius 2 is 1.81 bits per heavy atom. The molecule has 0 saturated carbocycles. The molecule has 136 valence electrons. The second kappa shape index (κ2) is 7.71. The largest absolute Gasteiger partial charge is 0.245 e. The zero-order valence-corrected chi connectivity index (χ0v) is 15.8. The lowest BCUT2D eigenvalue weighted by Gasteiger charge is -2.09. The van der Waals surface area contributed by atoms with Gasteiger partial charge in [0.2, 0.25) is 5.16 Å². The van der Waals surface area contributed by atoms with Gasteiger partial charge in [-0.05, 0) is 33.5 Å². The molecule has 4 aromatic rings. The van der Waals surface area contributed by atoms with Gasteiger partial charge in [-0.15, -0.1) is 22.8 Å². The van der Waals surface area contributed by atoms with Crippen LogP contribution in [0.25, 0.3) is 22.5 Å². The average Bonchev–Trinajstić information content (AvgIpc) is 3.33. The van der Waals surface area contributed by atoms with Crippen LogP contribution < -0.4 is 0 Å². The van der Waals surface area contributed by atoms with Crippen molar-refractivity contribution in [1.29, 1.82) is 0 Å². The minimum absolute atomic E-state index is 0.518. The molecule has 0 bridgehead atoms. The van der Waals surface area contributed by atoms with Gasteiger partial charge in [0, 0.05) is 12.0 Å². The molecular weight excluding hydrogens is 358 g/mol. The zero-order valence-electron chi connectivity index (χ0n) is 14.9. The molecule has 0 unspecified atom stereocenters. The number of hydrogen-bond acceptors (Lipinski definition) is 6. The predicted octanol–water partition coefficient (Wildman–Crippen LogP) is 3.41. The number of rotatable bonds is 6. The summed E-state index contributed by atoms with van der Waals surface area (Å²) in [7, 11) is 0. The van der Waals surface area contributed by atoms with E-state index < -0.39 is 0 Å². The molecule has 27 heavy (non-hydrogen) atoms. The summed E-state index contributed by atoms with van der Waals surface area (Å²) < 4.78 is 1.93. The van der Waals surface area contributed by atoms with E-state index in [0.717, 1.165) is 40.9 Å². The van der Waals surface area contributed by atoms with Gasteiger partial charge in [-0.1, -0.05) is 55.5 Å². The molecule has 0 aliphatic carbocycles. The molecule has 2 aromatic carbocycles. The van der Waals surface area contributed by atoms with Crippen LogP contribution in [0, 0.1) is 0 Å². The summed E-state index contributed by atoms with van der Waals surface area (Å²) in [5.74, 6) is 1.62. The smallest absolute Gasteiger partial charge is 0.205 e. The van der Waals surface area contributed by atoms with E-state index in [9.17, 15) is 0 Å². The van der Waals surface area contributed by atoms with Crippen LogP contribution in [0.5, 0.6) is 0 Å². The first-order chi connectivity index (χ1) is 13.2. The topological polar surface area (TPSA) is 85.2 Å². The molecule has 8 heteroatoms. The third kappa shape index (κ3) is 3.75. The van der Waals surface area contributed by atoms with Crippen molar-refractivity contribution in [3.8, 4) is 22.5 Å². The lowest BCUT2D eigenvalue weighted by Crippen LogP contribution is -2.06. The quantitative estimate of drug-likeness (QED) is 0.503. The molecule has 0 amide bonds. The highest BCUT2D eigenvalue weighted by molar-refractivity contribution is 7.80. The number of tetrazole rings is 1. The van der Waals surface area contributed by atoms with Crippen molar-refractivity contribution in [2.24, 2.45) is 0 Å². The summed E-state index contributed by atoms with van der Waals surface area (Å²) in [4.78, 5) is 4.40. The Hall–Kier alpha value is -3.00.